The molecule has 2 atom stereocenters. The molecule has 0 bridgehead atoms. The van der Waals surface area contributed by atoms with Crippen molar-refractivity contribution in [2.45, 2.75) is 12.2 Å². The van der Waals surface area contributed by atoms with Gasteiger partial charge < -0.3 is 25.8 Å². The molecular formula is C9H14N2O4. The average Bonchev–Trinajstić information content (AvgIpc) is 2.27. The van der Waals surface area contributed by atoms with E-state index in [4.69, 9.17) is 15.6 Å². The Morgan fingerprint density at radius 1 is 1.53 bits per heavy atom. The van der Waals surface area contributed by atoms with E-state index in [1.54, 1.807) is 0 Å². The summed E-state index contributed by atoms with van der Waals surface area (Å²) < 4.78 is 4.90. The molecule has 0 amide bonds. The fraction of sp³-hybridized carbons (Fsp3) is 0.444. The predicted octanol–water partition coefficient (Wildman–Crippen LogP) is -0.941. The first-order valence-electron chi connectivity index (χ1n) is 4.36. The second kappa shape index (κ2) is 4.92. The van der Waals surface area contributed by atoms with Crippen LogP contribution in [0.25, 0.3) is 0 Å². The Morgan fingerprint density at radius 3 is 2.73 bits per heavy atom. The number of rotatable bonds is 4. The number of ether oxygens (including phenoxy) is 1. The number of anilines is 1. The Morgan fingerprint density at radius 2 is 2.20 bits per heavy atom. The molecule has 6 nitrogen and oxygen atoms in total. The van der Waals surface area contributed by atoms with Gasteiger partial charge in [0.1, 0.15) is 12.2 Å². The summed E-state index contributed by atoms with van der Waals surface area (Å²) >= 11 is 0. The van der Waals surface area contributed by atoms with Crippen LogP contribution in [0.15, 0.2) is 12.3 Å². The van der Waals surface area contributed by atoms with Crippen LogP contribution in [0.5, 0.6) is 5.88 Å². The largest absolute Gasteiger partial charge is 0.481 e. The van der Waals surface area contributed by atoms with Crippen LogP contribution in [0.3, 0.4) is 0 Å². The van der Waals surface area contributed by atoms with Gasteiger partial charge in [-0.2, -0.15) is 0 Å². The van der Waals surface area contributed by atoms with Gasteiger partial charge in [-0.05, 0) is 6.07 Å². The Bertz CT molecular complexity index is 332. The van der Waals surface area contributed by atoms with Gasteiger partial charge in [-0.3, -0.25) is 0 Å². The second-order valence-electron chi connectivity index (χ2n) is 3.06. The van der Waals surface area contributed by atoms with Crippen molar-refractivity contribution in [3.8, 4) is 5.88 Å². The molecule has 1 rings (SSSR count). The quantitative estimate of drug-likeness (QED) is 0.515. The standard InChI is InChI=1S/C9H14N2O4/c1-15-9-6(2-5(10)3-11-9)8(14)7(13)4-12/h2-3,7-8,12-14H,4,10H2,1H3. The molecule has 5 N–H and O–H groups in total. The Hall–Kier alpha value is -1.37. The molecule has 0 saturated heterocycles. The van der Waals surface area contributed by atoms with Gasteiger partial charge >= 0.3 is 0 Å². The van der Waals surface area contributed by atoms with Crippen molar-refractivity contribution in [1.82, 2.24) is 4.98 Å². The van der Waals surface area contributed by atoms with E-state index in [0.29, 0.717) is 5.69 Å². The number of aromatic nitrogens is 1. The van der Waals surface area contributed by atoms with Gasteiger partial charge in [0.15, 0.2) is 0 Å². The van der Waals surface area contributed by atoms with Gasteiger partial charge in [0.25, 0.3) is 0 Å². The monoisotopic (exact) mass is 214 g/mol. The molecule has 0 spiro atoms. The summed E-state index contributed by atoms with van der Waals surface area (Å²) in [4.78, 5) is 3.83. The molecule has 0 saturated carbocycles. The summed E-state index contributed by atoms with van der Waals surface area (Å²) in [5.74, 6) is 0.171. The lowest BCUT2D eigenvalue weighted by Gasteiger charge is -2.17. The molecule has 0 aromatic carbocycles. The number of nitrogen functional groups attached to an aromatic ring is 1. The van der Waals surface area contributed by atoms with E-state index in [-0.39, 0.29) is 11.4 Å². The molecule has 15 heavy (non-hydrogen) atoms. The zero-order valence-corrected chi connectivity index (χ0v) is 8.29. The van der Waals surface area contributed by atoms with Crippen LogP contribution in [0.2, 0.25) is 0 Å². The molecule has 0 aliphatic heterocycles. The minimum atomic E-state index is -1.29. The van der Waals surface area contributed by atoms with Gasteiger partial charge in [0, 0.05) is 5.56 Å². The van der Waals surface area contributed by atoms with Crippen molar-refractivity contribution in [1.29, 1.82) is 0 Å². The van der Waals surface area contributed by atoms with Gasteiger partial charge in [-0.1, -0.05) is 0 Å². The summed E-state index contributed by atoms with van der Waals surface area (Å²) in [5, 5.41) is 27.6. The summed E-state index contributed by atoms with van der Waals surface area (Å²) in [6, 6.07) is 1.44. The van der Waals surface area contributed by atoms with E-state index >= 15 is 0 Å². The number of nitrogens with zero attached hydrogens (tertiary/aromatic N) is 1. The van der Waals surface area contributed by atoms with Crippen LogP contribution < -0.4 is 10.5 Å². The van der Waals surface area contributed by atoms with Crippen LogP contribution in [0.4, 0.5) is 5.69 Å². The molecule has 0 aliphatic carbocycles. The molecule has 1 aromatic rings. The van der Waals surface area contributed by atoms with E-state index in [2.05, 4.69) is 4.98 Å². The van der Waals surface area contributed by atoms with Crippen LogP contribution in [0.1, 0.15) is 11.7 Å². The van der Waals surface area contributed by atoms with Gasteiger partial charge in [-0.15, -0.1) is 0 Å². The fourth-order valence-electron chi connectivity index (χ4n) is 1.18. The Balaban J connectivity index is 3.05. The van der Waals surface area contributed by atoms with E-state index in [0.717, 1.165) is 0 Å². The lowest BCUT2D eigenvalue weighted by molar-refractivity contribution is -0.0164. The number of nitrogens with two attached hydrogens (primary N) is 1. The zero-order valence-electron chi connectivity index (χ0n) is 8.29. The third-order valence-electron chi connectivity index (χ3n) is 1.96. The van der Waals surface area contributed by atoms with Crippen molar-refractivity contribution >= 4 is 5.69 Å². The molecule has 0 radical (unpaired) electrons. The lowest BCUT2D eigenvalue weighted by atomic mass is 10.1. The van der Waals surface area contributed by atoms with E-state index in [9.17, 15) is 10.2 Å². The van der Waals surface area contributed by atoms with Crippen LogP contribution >= 0.6 is 0 Å². The highest BCUT2D eigenvalue weighted by Gasteiger charge is 2.22. The molecule has 84 valence electrons. The topological polar surface area (TPSA) is 109 Å². The van der Waals surface area contributed by atoms with Crippen molar-refractivity contribution in [2.75, 3.05) is 19.5 Å². The summed E-state index contributed by atoms with van der Waals surface area (Å²) in [7, 11) is 1.39. The van der Waals surface area contributed by atoms with Crippen molar-refractivity contribution in [2.24, 2.45) is 0 Å². The number of aliphatic hydroxyl groups excluding tert-OH is 3. The number of aliphatic hydroxyl groups is 3. The third kappa shape index (κ3) is 2.56. The number of hydrogen-bond acceptors (Lipinski definition) is 6. The van der Waals surface area contributed by atoms with Crippen molar-refractivity contribution in [3.05, 3.63) is 17.8 Å². The minimum Gasteiger partial charge on any atom is -0.481 e. The maximum Gasteiger partial charge on any atom is 0.219 e. The van der Waals surface area contributed by atoms with Crippen LogP contribution in [-0.4, -0.2) is 40.1 Å². The minimum absolute atomic E-state index is 0.171. The smallest absolute Gasteiger partial charge is 0.219 e. The highest BCUT2D eigenvalue weighted by molar-refractivity contribution is 5.43. The average molecular weight is 214 g/mol. The van der Waals surface area contributed by atoms with Gasteiger partial charge in [0.05, 0.1) is 25.6 Å². The first-order chi connectivity index (χ1) is 7.10. The first kappa shape index (κ1) is 11.7. The summed E-state index contributed by atoms with van der Waals surface area (Å²) in [6.07, 6.45) is -1.19. The number of pyridine rings is 1. The van der Waals surface area contributed by atoms with E-state index in [1.165, 1.54) is 19.4 Å². The molecule has 0 aliphatic rings. The molecule has 1 heterocycles. The first-order valence-corrected chi connectivity index (χ1v) is 4.36. The summed E-state index contributed by atoms with van der Waals surface area (Å²) in [6.45, 7) is -0.556. The Kier molecular flexibility index (Phi) is 3.84. The van der Waals surface area contributed by atoms with Crippen molar-refractivity contribution in [3.63, 3.8) is 0 Å². The number of hydrogen-bond donors (Lipinski definition) is 4. The predicted molar refractivity (Wildman–Crippen MR) is 53.3 cm³/mol. The fourth-order valence-corrected chi connectivity index (χ4v) is 1.18. The van der Waals surface area contributed by atoms with E-state index in [1.807, 2.05) is 0 Å². The highest BCUT2D eigenvalue weighted by atomic mass is 16.5. The lowest BCUT2D eigenvalue weighted by Crippen LogP contribution is -2.22. The van der Waals surface area contributed by atoms with Gasteiger partial charge in [-0.25, -0.2) is 4.98 Å². The van der Waals surface area contributed by atoms with E-state index < -0.39 is 18.8 Å². The second-order valence-corrected chi connectivity index (χ2v) is 3.06. The molecule has 1 aromatic heterocycles. The molecule has 2 unspecified atom stereocenters. The van der Waals surface area contributed by atoms with Gasteiger partial charge in [0.2, 0.25) is 5.88 Å². The molecule has 0 fully saturated rings. The SMILES string of the molecule is COc1ncc(N)cc1C(O)C(O)CO. The van der Waals surface area contributed by atoms with Crippen LogP contribution in [-0.2, 0) is 0 Å². The maximum absolute atomic E-state index is 9.64. The maximum atomic E-state index is 9.64. The molecule has 6 heteroatoms. The Labute approximate surface area is 86.9 Å². The number of methoxy groups -OCH3 is 1. The third-order valence-corrected chi connectivity index (χ3v) is 1.96. The van der Waals surface area contributed by atoms with Crippen LogP contribution in [0, 0.1) is 0 Å². The van der Waals surface area contributed by atoms with Crippen molar-refractivity contribution < 1.29 is 20.1 Å². The normalized spacial score (nSPS) is 14.7. The summed E-state index contributed by atoms with van der Waals surface area (Å²) in [5.41, 5.74) is 6.08. The zero-order chi connectivity index (χ0) is 11.4. The highest BCUT2D eigenvalue weighted by Crippen LogP contribution is 2.26. The molecular weight excluding hydrogens is 200 g/mol.